The molecule has 3 unspecified atom stereocenters. The molecule has 1 fully saturated rings. The first-order chi connectivity index (χ1) is 10.4. The van der Waals surface area contributed by atoms with Crippen LogP contribution >= 0.6 is 0 Å². The summed E-state index contributed by atoms with van der Waals surface area (Å²) in [5.74, 6) is -2.01. The van der Waals surface area contributed by atoms with Crippen LogP contribution in [0.25, 0.3) is 0 Å². The highest BCUT2D eigenvalue weighted by Crippen LogP contribution is 2.23. The summed E-state index contributed by atoms with van der Waals surface area (Å²) >= 11 is 0. The summed E-state index contributed by atoms with van der Waals surface area (Å²) in [6.45, 7) is 1.72. The Morgan fingerprint density at radius 1 is 1.36 bits per heavy atom. The van der Waals surface area contributed by atoms with Gasteiger partial charge in [0.25, 0.3) is 0 Å². The molecular weight excluding hydrogens is 289 g/mol. The summed E-state index contributed by atoms with van der Waals surface area (Å²) < 4.78 is 12.9. The average Bonchev–Trinajstić information content (AvgIpc) is 2.96. The summed E-state index contributed by atoms with van der Waals surface area (Å²) in [5, 5.41) is 8.89. The van der Waals surface area contributed by atoms with Crippen LogP contribution < -0.4 is 10.9 Å². The second-order valence-electron chi connectivity index (χ2n) is 5.64. The Kier molecular flexibility index (Phi) is 5.10. The lowest BCUT2D eigenvalue weighted by molar-refractivity contribution is -0.143. The van der Waals surface area contributed by atoms with Crippen molar-refractivity contribution in [2.45, 2.75) is 25.4 Å². The summed E-state index contributed by atoms with van der Waals surface area (Å²) in [6, 6.07) is 5.61. The van der Waals surface area contributed by atoms with Crippen molar-refractivity contribution in [1.82, 2.24) is 15.8 Å². The molecule has 1 amide bonds. The molecule has 3 N–H and O–H groups in total. The normalized spacial score (nSPS) is 22.3. The quantitative estimate of drug-likeness (QED) is 0.753. The molecule has 2 rings (SSSR count). The lowest BCUT2D eigenvalue weighted by Gasteiger charge is -2.22. The van der Waals surface area contributed by atoms with E-state index in [1.165, 1.54) is 17.0 Å². The SMILES string of the molecule is CC(CN(C)C(=O)C1CC(c2ccc(F)cc2)NN1)C(=O)O. The number of hydrazine groups is 1. The summed E-state index contributed by atoms with van der Waals surface area (Å²) in [4.78, 5) is 24.6. The van der Waals surface area contributed by atoms with E-state index in [0.717, 1.165) is 5.56 Å². The number of carbonyl (C=O) groups is 2. The van der Waals surface area contributed by atoms with Gasteiger partial charge in [0.2, 0.25) is 5.91 Å². The van der Waals surface area contributed by atoms with Gasteiger partial charge in [-0.1, -0.05) is 19.1 Å². The number of rotatable bonds is 5. The maximum atomic E-state index is 12.9. The molecule has 120 valence electrons. The second kappa shape index (κ2) is 6.85. The molecule has 0 spiro atoms. The molecule has 1 heterocycles. The van der Waals surface area contributed by atoms with Gasteiger partial charge in [-0.3, -0.25) is 9.59 Å². The number of nitrogens with one attached hydrogen (secondary N) is 2. The third-order valence-electron chi connectivity index (χ3n) is 3.82. The van der Waals surface area contributed by atoms with Gasteiger partial charge >= 0.3 is 5.97 Å². The van der Waals surface area contributed by atoms with Gasteiger partial charge in [-0.25, -0.2) is 15.2 Å². The third-order valence-corrected chi connectivity index (χ3v) is 3.82. The van der Waals surface area contributed by atoms with E-state index in [-0.39, 0.29) is 24.3 Å². The molecule has 22 heavy (non-hydrogen) atoms. The molecule has 7 heteroatoms. The van der Waals surface area contributed by atoms with Gasteiger partial charge in [0.05, 0.1) is 5.92 Å². The first kappa shape index (κ1) is 16.4. The van der Waals surface area contributed by atoms with Crippen LogP contribution in [0.2, 0.25) is 0 Å². The number of carbonyl (C=O) groups excluding carboxylic acids is 1. The number of hydrogen-bond acceptors (Lipinski definition) is 4. The fraction of sp³-hybridized carbons (Fsp3) is 0.467. The predicted molar refractivity (Wildman–Crippen MR) is 78.3 cm³/mol. The Bertz CT molecular complexity index is 549. The highest BCUT2D eigenvalue weighted by atomic mass is 19.1. The molecule has 1 saturated heterocycles. The number of halogens is 1. The van der Waals surface area contributed by atoms with E-state index < -0.39 is 17.9 Å². The number of aliphatic carboxylic acids is 1. The van der Waals surface area contributed by atoms with Crippen molar-refractivity contribution in [2.24, 2.45) is 5.92 Å². The number of amides is 1. The molecular formula is C15H20FN3O3. The fourth-order valence-corrected chi connectivity index (χ4v) is 2.48. The monoisotopic (exact) mass is 309 g/mol. The van der Waals surface area contributed by atoms with Crippen LogP contribution in [0, 0.1) is 11.7 Å². The first-order valence-corrected chi connectivity index (χ1v) is 7.12. The molecule has 1 aromatic rings. The van der Waals surface area contributed by atoms with Gasteiger partial charge in [-0.2, -0.15) is 0 Å². The Morgan fingerprint density at radius 3 is 2.59 bits per heavy atom. The lowest BCUT2D eigenvalue weighted by Crippen LogP contribution is -2.45. The van der Waals surface area contributed by atoms with E-state index in [1.807, 2.05) is 0 Å². The summed E-state index contributed by atoms with van der Waals surface area (Å²) in [7, 11) is 1.59. The number of carboxylic acid groups (broad SMARTS) is 1. The van der Waals surface area contributed by atoms with Gasteiger partial charge in [0.1, 0.15) is 11.9 Å². The molecule has 0 bridgehead atoms. The van der Waals surface area contributed by atoms with Crippen molar-refractivity contribution in [2.75, 3.05) is 13.6 Å². The minimum absolute atomic E-state index is 0.0835. The average molecular weight is 309 g/mol. The topological polar surface area (TPSA) is 81.7 Å². The smallest absolute Gasteiger partial charge is 0.308 e. The molecule has 0 saturated carbocycles. The van der Waals surface area contributed by atoms with Crippen molar-refractivity contribution in [1.29, 1.82) is 0 Å². The Balaban J connectivity index is 1.93. The Morgan fingerprint density at radius 2 is 2.00 bits per heavy atom. The van der Waals surface area contributed by atoms with E-state index in [2.05, 4.69) is 10.9 Å². The second-order valence-corrected chi connectivity index (χ2v) is 5.64. The van der Waals surface area contributed by atoms with E-state index in [4.69, 9.17) is 5.11 Å². The van der Waals surface area contributed by atoms with Crippen LogP contribution in [0.1, 0.15) is 24.9 Å². The maximum absolute atomic E-state index is 12.9. The molecule has 1 aromatic carbocycles. The molecule has 0 aliphatic carbocycles. The van der Waals surface area contributed by atoms with Gasteiger partial charge in [0, 0.05) is 19.6 Å². The van der Waals surface area contributed by atoms with Crippen LogP contribution in [0.3, 0.4) is 0 Å². The minimum atomic E-state index is -0.929. The van der Waals surface area contributed by atoms with Crippen molar-refractivity contribution < 1.29 is 19.1 Å². The van der Waals surface area contributed by atoms with Crippen LogP contribution in [-0.2, 0) is 9.59 Å². The molecule has 0 aromatic heterocycles. The Hall–Kier alpha value is -1.99. The van der Waals surface area contributed by atoms with Gasteiger partial charge in [-0.15, -0.1) is 0 Å². The zero-order valence-electron chi connectivity index (χ0n) is 12.5. The van der Waals surface area contributed by atoms with Crippen LogP contribution in [-0.4, -0.2) is 41.5 Å². The highest BCUT2D eigenvalue weighted by Gasteiger charge is 2.32. The molecule has 1 aliphatic heterocycles. The minimum Gasteiger partial charge on any atom is -0.481 e. The zero-order valence-corrected chi connectivity index (χ0v) is 12.5. The van der Waals surface area contributed by atoms with E-state index in [0.29, 0.717) is 6.42 Å². The number of benzene rings is 1. The van der Waals surface area contributed by atoms with Gasteiger partial charge in [0.15, 0.2) is 0 Å². The van der Waals surface area contributed by atoms with Crippen LogP contribution in [0.5, 0.6) is 0 Å². The molecule has 3 atom stereocenters. The molecule has 6 nitrogen and oxygen atoms in total. The maximum Gasteiger partial charge on any atom is 0.308 e. The van der Waals surface area contributed by atoms with Crippen molar-refractivity contribution in [3.8, 4) is 0 Å². The fourth-order valence-electron chi connectivity index (χ4n) is 2.48. The van der Waals surface area contributed by atoms with Crippen LogP contribution in [0.4, 0.5) is 4.39 Å². The van der Waals surface area contributed by atoms with E-state index >= 15 is 0 Å². The number of hydrogen-bond donors (Lipinski definition) is 3. The summed E-state index contributed by atoms with van der Waals surface area (Å²) in [6.07, 6.45) is 0.524. The van der Waals surface area contributed by atoms with Gasteiger partial charge < -0.3 is 10.0 Å². The number of nitrogens with zero attached hydrogens (tertiary/aromatic N) is 1. The zero-order chi connectivity index (χ0) is 16.3. The number of carboxylic acids is 1. The standard InChI is InChI=1S/C15H20FN3O3/c1-9(15(21)22)8-19(2)14(20)13-7-12(17-18-13)10-3-5-11(16)6-4-10/h3-6,9,12-13,17-18H,7-8H2,1-2H3,(H,21,22). The third kappa shape index (κ3) is 3.80. The summed E-state index contributed by atoms with van der Waals surface area (Å²) in [5.41, 5.74) is 6.83. The predicted octanol–water partition coefficient (Wildman–Crippen LogP) is 0.912. The van der Waals surface area contributed by atoms with E-state index in [1.54, 1.807) is 26.1 Å². The number of likely N-dealkylation sites (N-methyl/N-ethyl adjacent to an activating group) is 1. The van der Waals surface area contributed by atoms with E-state index in [9.17, 15) is 14.0 Å². The highest BCUT2D eigenvalue weighted by molar-refractivity contribution is 5.82. The van der Waals surface area contributed by atoms with Crippen molar-refractivity contribution in [3.05, 3.63) is 35.6 Å². The first-order valence-electron chi connectivity index (χ1n) is 7.12. The van der Waals surface area contributed by atoms with Crippen molar-refractivity contribution >= 4 is 11.9 Å². The van der Waals surface area contributed by atoms with Gasteiger partial charge in [-0.05, 0) is 24.1 Å². The van der Waals surface area contributed by atoms with Crippen LogP contribution in [0.15, 0.2) is 24.3 Å². The Labute approximate surface area is 128 Å². The largest absolute Gasteiger partial charge is 0.481 e. The molecule has 1 aliphatic rings. The lowest BCUT2D eigenvalue weighted by atomic mass is 10.0. The molecule has 0 radical (unpaired) electrons. The van der Waals surface area contributed by atoms with Crippen molar-refractivity contribution in [3.63, 3.8) is 0 Å².